The number of anilines is 1. The first kappa shape index (κ1) is 11.5. The van der Waals surface area contributed by atoms with Gasteiger partial charge in [-0.2, -0.15) is 0 Å². The molecule has 1 aliphatic rings. The molecule has 0 saturated heterocycles. The third-order valence-electron chi connectivity index (χ3n) is 2.60. The molecule has 1 aliphatic carbocycles. The van der Waals surface area contributed by atoms with Gasteiger partial charge in [0.25, 0.3) is 0 Å². The van der Waals surface area contributed by atoms with Gasteiger partial charge in [0.05, 0.1) is 12.8 Å². The van der Waals surface area contributed by atoms with E-state index < -0.39 is 0 Å². The normalized spacial score (nSPS) is 14.9. The molecule has 0 aromatic heterocycles. The van der Waals surface area contributed by atoms with Crippen molar-refractivity contribution >= 4 is 17.7 Å². The van der Waals surface area contributed by atoms with Gasteiger partial charge < -0.3 is 15.8 Å². The lowest BCUT2D eigenvalue weighted by Crippen LogP contribution is -2.22. The summed E-state index contributed by atoms with van der Waals surface area (Å²) in [5.41, 5.74) is 7.22. The Labute approximate surface area is 100 Å². The van der Waals surface area contributed by atoms with Crippen LogP contribution in [0.5, 0.6) is 5.75 Å². The van der Waals surface area contributed by atoms with E-state index in [-0.39, 0.29) is 5.91 Å². The maximum Gasteiger partial charge on any atom is 0.244 e. The molecule has 0 unspecified atom stereocenters. The zero-order chi connectivity index (χ0) is 12.3. The summed E-state index contributed by atoms with van der Waals surface area (Å²) in [6.45, 7) is 0. The van der Waals surface area contributed by atoms with Gasteiger partial charge in [0, 0.05) is 12.1 Å². The summed E-state index contributed by atoms with van der Waals surface area (Å²) in [6.07, 6.45) is 5.46. The van der Waals surface area contributed by atoms with E-state index >= 15 is 0 Å². The lowest BCUT2D eigenvalue weighted by molar-refractivity contribution is -0.116. The van der Waals surface area contributed by atoms with Crippen LogP contribution in [0.3, 0.4) is 0 Å². The predicted octanol–water partition coefficient (Wildman–Crippen LogP) is 1.57. The molecule has 4 heteroatoms. The van der Waals surface area contributed by atoms with Crippen molar-refractivity contribution in [2.24, 2.45) is 0 Å². The number of hydrogen-bond acceptors (Lipinski definition) is 3. The largest absolute Gasteiger partial charge is 0.495 e. The fourth-order valence-electron chi connectivity index (χ4n) is 1.51. The molecule has 0 bridgehead atoms. The summed E-state index contributed by atoms with van der Waals surface area (Å²) in [5.74, 6) is 0.589. The molecule has 1 amide bonds. The second-order valence-corrected chi connectivity index (χ2v) is 4.12. The standard InChI is InChI=1S/C13H16N2O2/c1-17-12-6-2-9(8-11(12)14)3-7-13(16)15-10-4-5-10/h2-3,6-8,10H,4-5,14H2,1H3,(H,15,16)/b7-3+. The highest BCUT2D eigenvalue weighted by Gasteiger charge is 2.21. The average Bonchev–Trinajstić information content (AvgIpc) is 3.10. The molecule has 1 fully saturated rings. The molecule has 4 nitrogen and oxygen atoms in total. The SMILES string of the molecule is COc1ccc(/C=C/C(=O)NC2CC2)cc1N. The third kappa shape index (κ3) is 3.24. The first-order chi connectivity index (χ1) is 8.19. The molecule has 0 atom stereocenters. The number of amides is 1. The minimum Gasteiger partial charge on any atom is -0.495 e. The molecule has 3 N–H and O–H groups in total. The van der Waals surface area contributed by atoms with Crippen LogP contribution in [0, 0.1) is 0 Å². The second kappa shape index (κ2) is 4.91. The Balaban J connectivity index is 1.99. The summed E-state index contributed by atoms with van der Waals surface area (Å²) in [4.78, 5) is 11.4. The van der Waals surface area contributed by atoms with Crippen molar-refractivity contribution < 1.29 is 9.53 Å². The second-order valence-electron chi connectivity index (χ2n) is 4.12. The highest BCUT2D eigenvalue weighted by Crippen LogP contribution is 2.22. The van der Waals surface area contributed by atoms with Crippen LogP contribution in [-0.4, -0.2) is 19.1 Å². The first-order valence-electron chi connectivity index (χ1n) is 5.61. The van der Waals surface area contributed by atoms with Crippen molar-refractivity contribution in [2.75, 3.05) is 12.8 Å². The maximum absolute atomic E-state index is 11.4. The molecule has 2 rings (SSSR count). The number of nitrogens with one attached hydrogen (secondary N) is 1. The molecular formula is C13H16N2O2. The van der Waals surface area contributed by atoms with Gasteiger partial charge in [0.15, 0.2) is 0 Å². The number of carbonyl (C=O) groups excluding carboxylic acids is 1. The Kier molecular flexibility index (Phi) is 3.32. The number of hydrogen-bond donors (Lipinski definition) is 2. The molecule has 1 aromatic rings. The first-order valence-corrected chi connectivity index (χ1v) is 5.61. The van der Waals surface area contributed by atoms with Crippen LogP contribution in [0.15, 0.2) is 24.3 Å². The monoisotopic (exact) mass is 232 g/mol. The fourth-order valence-corrected chi connectivity index (χ4v) is 1.51. The minimum absolute atomic E-state index is 0.0538. The van der Waals surface area contributed by atoms with Crippen molar-refractivity contribution in [3.05, 3.63) is 29.8 Å². The summed E-state index contributed by atoms with van der Waals surface area (Å²) < 4.78 is 5.06. The molecule has 0 radical (unpaired) electrons. The quantitative estimate of drug-likeness (QED) is 0.611. The van der Waals surface area contributed by atoms with Gasteiger partial charge in [-0.05, 0) is 36.6 Å². The van der Waals surface area contributed by atoms with Crippen LogP contribution < -0.4 is 15.8 Å². The lowest BCUT2D eigenvalue weighted by Gasteiger charge is -2.04. The van der Waals surface area contributed by atoms with Crippen LogP contribution in [0.2, 0.25) is 0 Å². The number of benzene rings is 1. The Morgan fingerprint density at radius 3 is 2.88 bits per heavy atom. The highest BCUT2D eigenvalue weighted by molar-refractivity contribution is 5.92. The number of nitrogens with two attached hydrogens (primary N) is 1. The molecular weight excluding hydrogens is 216 g/mol. The van der Waals surface area contributed by atoms with E-state index in [0.29, 0.717) is 17.5 Å². The van der Waals surface area contributed by atoms with Crippen molar-refractivity contribution in [3.8, 4) is 5.75 Å². The Bertz CT molecular complexity index is 451. The van der Waals surface area contributed by atoms with Gasteiger partial charge in [-0.1, -0.05) is 6.07 Å². The molecule has 90 valence electrons. The lowest BCUT2D eigenvalue weighted by atomic mass is 10.1. The van der Waals surface area contributed by atoms with Crippen molar-refractivity contribution in [2.45, 2.75) is 18.9 Å². The Hall–Kier alpha value is -1.97. The van der Waals surface area contributed by atoms with Gasteiger partial charge in [0.2, 0.25) is 5.91 Å². The van der Waals surface area contributed by atoms with Gasteiger partial charge in [-0.25, -0.2) is 0 Å². The summed E-state index contributed by atoms with van der Waals surface area (Å²) in [7, 11) is 1.57. The van der Waals surface area contributed by atoms with Crippen LogP contribution >= 0.6 is 0 Å². The van der Waals surface area contributed by atoms with E-state index in [9.17, 15) is 4.79 Å². The summed E-state index contributed by atoms with van der Waals surface area (Å²) >= 11 is 0. The van der Waals surface area contributed by atoms with Crippen molar-refractivity contribution in [3.63, 3.8) is 0 Å². The smallest absolute Gasteiger partial charge is 0.244 e. The number of rotatable bonds is 4. The van der Waals surface area contributed by atoms with E-state index in [0.717, 1.165) is 18.4 Å². The zero-order valence-electron chi connectivity index (χ0n) is 9.77. The molecule has 0 heterocycles. The van der Waals surface area contributed by atoms with Crippen LogP contribution in [0.1, 0.15) is 18.4 Å². The predicted molar refractivity (Wildman–Crippen MR) is 67.6 cm³/mol. The van der Waals surface area contributed by atoms with E-state index in [2.05, 4.69) is 5.32 Å². The highest BCUT2D eigenvalue weighted by atomic mass is 16.5. The number of nitrogen functional groups attached to an aromatic ring is 1. The van der Waals surface area contributed by atoms with Crippen LogP contribution in [0.25, 0.3) is 6.08 Å². The topological polar surface area (TPSA) is 64.3 Å². The van der Waals surface area contributed by atoms with Gasteiger partial charge in [-0.3, -0.25) is 4.79 Å². The van der Waals surface area contributed by atoms with Crippen LogP contribution in [-0.2, 0) is 4.79 Å². The van der Waals surface area contributed by atoms with Gasteiger partial charge in [0.1, 0.15) is 5.75 Å². The summed E-state index contributed by atoms with van der Waals surface area (Å²) in [5, 5.41) is 2.88. The van der Waals surface area contributed by atoms with Crippen molar-refractivity contribution in [1.82, 2.24) is 5.32 Å². The molecule has 0 aliphatic heterocycles. The summed E-state index contributed by atoms with van der Waals surface area (Å²) in [6, 6.07) is 5.80. The molecule has 1 aromatic carbocycles. The maximum atomic E-state index is 11.4. The molecule has 17 heavy (non-hydrogen) atoms. The average molecular weight is 232 g/mol. The van der Waals surface area contributed by atoms with Crippen LogP contribution in [0.4, 0.5) is 5.69 Å². The van der Waals surface area contributed by atoms with E-state index in [4.69, 9.17) is 10.5 Å². The van der Waals surface area contributed by atoms with E-state index in [1.807, 2.05) is 6.07 Å². The molecule has 1 saturated carbocycles. The Morgan fingerprint density at radius 1 is 1.53 bits per heavy atom. The van der Waals surface area contributed by atoms with E-state index in [1.54, 1.807) is 25.3 Å². The fraction of sp³-hybridized carbons (Fsp3) is 0.308. The van der Waals surface area contributed by atoms with Gasteiger partial charge in [-0.15, -0.1) is 0 Å². The van der Waals surface area contributed by atoms with Gasteiger partial charge >= 0.3 is 0 Å². The molecule has 0 spiro atoms. The number of methoxy groups -OCH3 is 1. The number of carbonyl (C=O) groups is 1. The minimum atomic E-state index is -0.0538. The third-order valence-corrected chi connectivity index (χ3v) is 2.60. The van der Waals surface area contributed by atoms with Crippen molar-refractivity contribution in [1.29, 1.82) is 0 Å². The number of ether oxygens (including phenoxy) is 1. The van der Waals surface area contributed by atoms with E-state index in [1.165, 1.54) is 6.08 Å². The zero-order valence-corrected chi connectivity index (χ0v) is 9.77. The Morgan fingerprint density at radius 2 is 2.29 bits per heavy atom.